The number of carbonyl (C=O) groups is 1. The SMILES string of the molecule is CC[N+]1(CC)CCOC(=O)C1(O)/C=C/c1ccccc1C#N.[Cl-]. The number of likely N-dealkylation sites (N-methyl/N-ethyl adjacent to an activating group) is 1. The predicted octanol–water partition coefficient (Wildman–Crippen LogP) is -1.32. The van der Waals surface area contributed by atoms with Crippen molar-refractivity contribution in [1.82, 2.24) is 0 Å². The summed E-state index contributed by atoms with van der Waals surface area (Å²) in [5.74, 6) is -0.631. The Morgan fingerprint density at radius 2 is 2.04 bits per heavy atom. The summed E-state index contributed by atoms with van der Waals surface area (Å²) in [6.07, 6.45) is 3.10. The summed E-state index contributed by atoms with van der Waals surface area (Å²) >= 11 is 0. The molecule has 0 saturated carbocycles. The van der Waals surface area contributed by atoms with Crippen LogP contribution < -0.4 is 12.4 Å². The minimum atomic E-state index is -1.72. The van der Waals surface area contributed by atoms with Crippen LogP contribution in [-0.2, 0) is 9.53 Å². The Labute approximate surface area is 142 Å². The van der Waals surface area contributed by atoms with Gasteiger partial charge in [0.05, 0.1) is 24.7 Å². The Morgan fingerprint density at radius 3 is 2.65 bits per heavy atom. The third-order valence-electron chi connectivity index (χ3n) is 4.56. The molecule has 124 valence electrons. The number of halogens is 1. The van der Waals surface area contributed by atoms with Crippen molar-refractivity contribution in [2.75, 3.05) is 26.2 Å². The van der Waals surface area contributed by atoms with Gasteiger partial charge in [-0.2, -0.15) is 5.26 Å². The zero-order chi connectivity index (χ0) is 16.2. The Balaban J connectivity index is 0.00000264. The van der Waals surface area contributed by atoms with E-state index >= 15 is 0 Å². The summed E-state index contributed by atoms with van der Waals surface area (Å²) in [6.45, 7) is 6.01. The number of nitriles is 1. The number of quaternary nitrogens is 1. The Hall–Kier alpha value is -1.87. The molecule has 0 aromatic heterocycles. The summed E-state index contributed by atoms with van der Waals surface area (Å²) in [5.41, 5.74) is -0.552. The van der Waals surface area contributed by atoms with E-state index in [1.165, 1.54) is 6.08 Å². The zero-order valence-corrected chi connectivity index (χ0v) is 14.1. The minimum absolute atomic E-state index is 0. The number of rotatable bonds is 4. The van der Waals surface area contributed by atoms with Crippen molar-refractivity contribution in [3.63, 3.8) is 0 Å². The molecule has 23 heavy (non-hydrogen) atoms. The number of cyclic esters (lactones) is 1. The number of hydrogen-bond acceptors (Lipinski definition) is 4. The molecular weight excluding hydrogens is 316 g/mol. The van der Waals surface area contributed by atoms with Crippen molar-refractivity contribution in [2.45, 2.75) is 19.6 Å². The summed E-state index contributed by atoms with van der Waals surface area (Å²) in [5, 5.41) is 20.1. The van der Waals surface area contributed by atoms with Crippen LogP contribution in [0.1, 0.15) is 25.0 Å². The fourth-order valence-electron chi connectivity index (χ4n) is 2.98. The van der Waals surface area contributed by atoms with Gasteiger partial charge in [0.2, 0.25) is 0 Å². The molecular formula is C17H21ClN2O3. The van der Waals surface area contributed by atoms with Gasteiger partial charge >= 0.3 is 11.7 Å². The number of aliphatic hydroxyl groups is 1. The highest BCUT2D eigenvalue weighted by Gasteiger charge is 2.56. The van der Waals surface area contributed by atoms with Crippen LogP contribution in [0.3, 0.4) is 0 Å². The van der Waals surface area contributed by atoms with Gasteiger partial charge in [-0.15, -0.1) is 0 Å². The van der Waals surface area contributed by atoms with E-state index in [-0.39, 0.29) is 16.9 Å². The third kappa shape index (κ3) is 3.25. The highest BCUT2D eigenvalue weighted by atomic mass is 35.5. The summed E-state index contributed by atoms with van der Waals surface area (Å²) in [6, 6.07) is 9.16. The number of hydrogen-bond donors (Lipinski definition) is 1. The van der Waals surface area contributed by atoms with E-state index in [0.717, 1.165) is 0 Å². The lowest BCUT2D eigenvalue weighted by Gasteiger charge is -2.48. The Bertz CT molecular complexity index is 635. The Kier molecular flexibility index (Phi) is 6.34. The molecule has 0 bridgehead atoms. The first-order valence-corrected chi connectivity index (χ1v) is 7.47. The molecule has 1 N–H and O–H groups in total. The lowest BCUT2D eigenvalue weighted by Crippen LogP contribution is -3.00. The molecule has 1 aliphatic rings. The standard InChI is InChI=1S/C17H21N2O3.ClH/c1-3-19(4-2)11-12-22-16(20)17(19,21)10-9-14-7-5-6-8-15(14)13-18;/h5-10,21H,3-4,11-12H2,1-2H3;1H/q+1;/p-1/b10-9+;. The maximum absolute atomic E-state index is 12.2. The molecule has 1 aromatic carbocycles. The molecule has 0 aliphatic carbocycles. The number of nitrogens with zero attached hydrogens (tertiary/aromatic N) is 2. The van der Waals surface area contributed by atoms with Crippen molar-refractivity contribution in [2.24, 2.45) is 0 Å². The van der Waals surface area contributed by atoms with Crippen molar-refractivity contribution in [1.29, 1.82) is 5.26 Å². The largest absolute Gasteiger partial charge is 1.00 e. The van der Waals surface area contributed by atoms with Crippen LogP contribution in [0.4, 0.5) is 0 Å². The van der Waals surface area contributed by atoms with Crippen LogP contribution in [0, 0.1) is 11.3 Å². The predicted molar refractivity (Wildman–Crippen MR) is 82.3 cm³/mol. The van der Waals surface area contributed by atoms with Gasteiger partial charge in [-0.25, -0.2) is 4.79 Å². The number of carbonyl (C=O) groups excluding carboxylic acids is 1. The van der Waals surface area contributed by atoms with E-state index < -0.39 is 11.7 Å². The molecule has 0 spiro atoms. The number of morpholine rings is 1. The van der Waals surface area contributed by atoms with E-state index in [9.17, 15) is 9.90 Å². The van der Waals surface area contributed by atoms with Crippen LogP contribution in [0.2, 0.25) is 0 Å². The number of esters is 1. The van der Waals surface area contributed by atoms with Gasteiger partial charge in [-0.05, 0) is 31.6 Å². The molecule has 5 nitrogen and oxygen atoms in total. The van der Waals surface area contributed by atoms with Crippen LogP contribution >= 0.6 is 0 Å². The monoisotopic (exact) mass is 336 g/mol. The van der Waals surface area contributed by atoms with Crippen LogP contribution in [0.5, 0.6) is 0 Å². The van der Waals surface area contributed by atoms with Gasteiger partial charge in [-0.1, -0.05) is 18.2 Å². The second-order valence-corrected chi connectivity index (χ2v) is 5.40. The van der Waals surface area contributed by atoms with Crippen LogP contribution in [0.15, 0.2) is 30.3 Å². The number of ether oxygens (including phenoxy) is 1. The van der Waals surface area contributed by atoms with Gasteiger partial charge in [0.25, 0.3) is 0 Å². The topological polar surface area (TPSA) is 70.3 Å². The van der Waals surface area contributed by atoms with E-state index in [4.69, 9.17) is 10.00 Å². The van der Waals surface area contributed by atoms with Crippen molar-refractivity contribution in [3.8, 4) is 6.07 Å². The third-order valence-corrected chi connectivity index (χ3v) is 4.56. The summed E-state index contributed by atoms with van der Waals surface area (Å²) in [7, 11) is 0. The van der Waals surface area contributed by atoms with E-state index in [1.807, 2.05) is 19.9 Å². The van der Waals surface area contributed by atoms with Gasteiger partial charge in [0, 0.05) is 6.08 Å². The van der Waals surface area contributed by atoms with Gasteiger partial charge < -0.3 is 22.3 Å². The maximum Gasteiger partial charge on any atom is 0.402 e. The molecule has 2 rings (SSSR count). The molecule has 6 heteroatoms. The first kappa shape index (κ1) is 19.2. The van der Waals surface area contributed by atoms with E-state index in [2.05, 4.69) is 6.07 Å². The lowest BCUT2D eigenvalue weighted by atomic mass is 10.0. The molecule has 1 fully saturated rings. The van der Waals surface area contributed by atoms with Gasteiger partial charge in [0.1, 0.15) is 13.2 Å². The molecule has 1 aliphatic heterocycles. The van der Waals surface area contributed by atoms with Crippen LogP contribution in [-0.4, -0.2) is 47.5 Å². The van der Waals surface area contributed by atoms with Gasteiger partial charge in [0.15, 0.2) is 0 Å². The molecule has 1 saturated heterocycles. The smallest absolute Gasteiger partial charge is 0.402 e. The molecule has 1 heterocycles. The van der Waals surface area contributed by atoms with Crippen molar-refractivity contribution >= 4 is 12.0 Å². The number of benzene rings is 1. The van der Waals surface area contributed by atoms with Crippen LogP contribution in [0.25, 0.3) is 6.08 Å². The molecule has 1 atom stereocenters. The normalized spacial score (nSPS) is 23.0. The van der Waals surface area contributed by atoms with Gasteiger partial charge in [-0.3, -0.25) is 4.48 Å². The van der Waals surface area contributed by atoms with Crippen molar-refractivity contribution < 1.29 is 31.5 Å². The summed E-state index contributed by atoms with van der Waals surface area (Å²) in [4.78, 5) is 12.2. The fraction of sp³-hybridized carbons (Fsp3) is 0.412. The second-order valence-electron chi connectivity index (χ2n) is 5.40. The molecule has 1 unspecified atom stereocenters. The Morgan fingerprint density at radius 1 is 1.39 bits per heavy atom. The highest BCUT2D eigenvalue weighted by Crippen LogP contribution is 2.30. The molecule has 1 aromatic rings. The average molecular weight is 337 g/mol. The van der Waals surface area contributed by atoms with Crippen molar-refractivity contribution in [3.05, 3.63) is 41.5 Å². The highest BCUT2D eigenvalue weighted by molar-refractivity contribution is 5.82. The maximum atomic E-state index is 12.2. The fourth-order valence-corrected chi connectivity index (χ4v) is 2.98. The van der Waals surface area contributed by atoms with E-state index in [0.29, 0.717) is 37.4 Å². The first-order chi connectivity index (χ1) is 10.5. The quantitative estimate of drug-likeness (QED) is 0.547. The average Bonchev–Trinajstić information content (AvgIpc) is 2.56. The minimum Gasteiger partial charge on any atom is -1.00 e. The summed E-state index contributed by atoms with van der Waals surface area (Å²) < 4.78 is 5.31. The zero-order valence-electron chi connectivity index (χ0n) is 13.3. The second kappa shape index (κ2) is 7.60. The molecule has 0 amide bonds. The molecule has 0 radical (unpaired) electrons. The first-order valence-electron chi connectivity index (χ1n) is 7.47. The van der Waals surface area contributed by atoms with E-state index in [1.54, 1.807) is 24.3 Å². The lowest BCUT2D eigenvalue weighted by molar-refractivity contribution is -0.983.